The Balaban J connectivity index is 1.70. The third kappa shape index (κ3) is 3.79. The molecular formula is C23H23F2N3O. The Bertz CT molecular complexity index is 1050. The summed E-state index contributed by atoms with van der Waals surface area (Å²) >= 11 is 0. The van der Waals surface area contributed by atoms with E-state index in [0.717, 1.165) is 41.8 Å². The number of aromatic nitrogens is 2. The average molecular weight is 395 g/mol. The molecular weight excluding hydrogens is 372 g/mol. The number of amides is 1. The van der Waals surface area contributed by atoms with Crippen LogP contribution in [0.3, 0.4) is 0 Å². The van der Waals surface area contributed by atoms with E-state index < -0.39 is 11.6 Å². The molecule has 1 aliphatic carbocycles. The predicted octanol–water partition coefficient (Wildman–Crippen LogP) is 5.26. The van der Waals surface area contributed by atoms with Gasteiger partial charge in [0.2, 0.25) is 0 Å². The first-order valence-electron chi connectivity index (χ1n) is 9.89. The SMILES string of the molecule is C=CCN(Cc1nc2ccccc2n1C1CCCC1)C(=O)c1ccc(F)c(F)c1. The van der Waals surface area contributed by atoms with E-state index in [0.29, 0.717) is 6.04 Å². The second-order valence-corrected chi connectivity index (χ2v) is 7.43. The number of rotatable bonds is 6. The molecule has 150 valence electrons. The zero-order valence-electron chi connectivity index (χ0n) is 16.2. The summed E-state index contributed by atoms with van der Waals surface area (Å²) in [5, 5.41) is 0. The number of halogens is 2. The lowest BCUT2D eigenvalue weighted by Gasteiger charge is -2.23. The molecule has 1 amide bonds. The van der Waals surface area contributed by atoms with Gasteiger partial charge in [-0.15, -0.1) is 6.58 Å². The Kier molecular flexibility index (Phi) is 5.43. The van der Waals surface area contributed by atoms with E-state index in [1.165, 1.54) is 18.9 Å². The molecule has 1 aromatic heterocycles. The summed E-state index contributed by atoms with van der Waals surface area (Å²) in [6, 6.07) is 11.5. The van der Waals surface area contributed by atoms with Gasteiger partial charge in [0.1, 0.15) is 5.82 Å². The molecule has 4 nitrogen and oxygen atoms in total. The summed E-state index contributed by atoms with van der Waals surface area (Å²) in [7, 11) is 0. The minimum absolute atomic E-state index is 0.106. The zero-order chi connectivity index (χ0) is 20.4. The molecule has 1 aliphatic rings. The summed E-state index contributed by atoms with van der Waals surface area (Å²) in [6.07, 6.45) is 6.17. The molecule has 29 heavy (non-hydrogen) atoms. The number of fused-ring (bicyclic) bond motifs is 1. The first kappa shape index (κ1) is 19.3. The first-order valence-corrected chi connectivity index (χ1v) is 9.89. The van der Waals surface area contributed by atoms with Crippen LogP contribution in [0.15, 0.2) is 55.1 Å². The van der Waals surface area contributed by atoms with Gasteiger partial charge in [0.25, 0.3) is 5.91 Å². The molecule has 4 rings (SSSR count). The molecule has 0 bridgehead atoms. The van der Waals surface area contributed by atoms with Crippen molar-refractivity contribution in [3.8, 4) is 0 Å². The van der Waals surface area contributed by atoms with Crippen LogP contribution in [0.4, 0.5) is 8.78 Å². The van der Waals surface area contributed by atoms with Gasteiger partial charge < -0.3 is 9.47 Å². The first-order chi connectivity index (χ1) is 14.1. The number of imidazole rings is 1. The van der Waals surface area contributed by atoms with E-state index in [1.54, 1.807) is 11.0 Å². The minimum atomic E-state index is -1.03. The number of benzene rings is 2. The number of hydrogen-bond acceptors (Lipinski definition) is 2. The van der Waals surface area contributed by atoms with Crippen LogP contribution >= 0.6 is 0 Å². The van der Waals surface area contributed by atoms with Gasteiger partial charge >= 0.3 is 0 Å². The van der Waals surface area contributed by atoms with E-state index in [-0.39, 0.29) is 24.6 Å². The molecule has 0 N–H and O–H groups in total. The van der Waals surface area contributed by atoms with Crippen LogP contribution < -0.4 is 0 Å². The molecule has 0 saturated heterocycles. The Morgan fingerprint density at radius 2 is 1.93 bits per heavy atom. The second-order valence-electron chi connectivity index (χ2n) is 7.43. The molecule has 1 fully saturated rings. The highest BCUT2D eigenvalue weighted by Gasteiger charge is 2.25. The van der Waals surface area contributed by atoms with Crippen LogP contribution in [-0.2, 0) is 6.54 Å². The minimum Gasteiger partial charge on any atom is -0.327 e. The number of para-hydroxylation sites is 2. The van der Waals surface area contributed by atoms with Crippen molar-refractivity contribution in [1.82, 2.24) is 14.5 Å². The highest BCUT2D eigenvalue weighted by atomic mass is 19.2. The topological polar surface area (TPSA) is 38.1 Å². The highest BCUT2D eigenvalue weighted by Crippen LogP contribution is 2.34. The Morgan fingerprint density at radius 1 is 1.17 bits per heavy atom. The summed E-state index contributed by atoms with van der Waals surface area (Å²) < 4.78 is 29.2. The molecule has 0 atom stereocenters. The molecule has 3 aromatic rings. The average Bonchev–Trinajstić information content (AvgIpc) is 3.36. The summed E-state index contributed by atoms with van der Waals surface area (Å²) in [5.41, 5.74) is 2.07. The molecule has 0 spiro atoms. The molecule has 1 saturated carbocycles. The third-order valence-corrected chi connectivity index (χ3v) is 5.49. The van der Waals surface area contributed by atoms with Crippen LogP contribution in [0.1, 0.15) is 47.9 Å². The van der Waals surface area contributed by atoms with Gasteiger partial charge in [-0.1, -0.05) is 31.1 Å². The smallest absolute Gasteiger partial charge is 0.254 e. The monoisotopic (exact) mass is 395 g/mol. The second kappa shape index (κ2) is 8.15. The number of nitrogens with zero attached hydrogens (tertiary/aromatic N) is 3. The predicted molar refractivity (Wildman–Crippen MR) is 109 cm³/mol. The maximum Gasteiger partial charge on any atom is 0.254 e. The summed E-state index contributed by atoms with van der Waals surface area (Å²) in [5.74, 6) is -1.59. The largest absolute Gasteiger partial charge is 0.327 e. The molecule has 0 radical (unpaired) electrons. The summed E-state index contributed by atoms with van der Waals surface area (Å²) in [6.45, 7) is 4.29. The standard InChI is InChI=1S/C23H23F2N3O/c1-2-13-27(23(29)16-11-12-18(24)19(25)14-16)15-22-26-20-9-5-6-10-21(20)28(22)17-7-3-4-8-17/h2,5-6,9-12,14,17H,1,3-4,7-8,13,15H2. The Labute approximate surface area is 168 Å². The van der Waals surface area contributed by atoms with Gasteiger partial charge in [-0.05, 0) is 43.2 Å². The zero-order valence-corrected chi connectivity index (χ0v) is 16.2. The quantitative estimate of drug-likeness (QED) is 0.534. The fourth-order valence-corrected chi connectivity index (χ4v) is 4.13. The lowest BCUT2D eigenvalue weighted by atomic mass is 10.2. The normalized spacial score (nSPS) is 14.4. The van der Waals surface area contributed by atoms with Crippen LogP contribution in [0.2, 0.25) is 0 Å². The van der Waals surface area contributed by atoms with E-state index in [1.807, 2.05) is 18.2 Å². The van der Waals surface area contributed by atoms with Gasteiger partial charge in [0.05, 0.1) is 17.6 Å². The maximum absolute atomic E-state index is 13.6. The lowest BCUT2D eigenvalue weighted by molar-refractivity contribution is 0.0756. The van der Waals surface area contributed by atoms with E-state index in [9.17, 15) is 13.6 Å². The van der Waals surface area contributed by atoms with Crippen molar-refractivity contribution in [2.45, 2.75) is 38.3 Å². The van der Waals surface area contributed by atoms with Gasteiger partial charge in [-0.25, -0.2) is 13.8 Å². The van der Waals surface area contributed by atoms with E-state index in [4.69, 9.17) is 4.98 Å². The van der Waals surface area contributed by atoms with Crippen molar-refractivity contribution in [3.05, 3.63) is 78.1 Å². The molecule has 6 heteroatoms. The number of carbonyl (C=O) groups excluding carboxylic acids is 1. The fourth-order valence-electron chi connectivity index (χ4n) is 4.13. The Morgan fingerprint density at radius 3 is 2.66 bits per heavy atom. The number of carbonyl (C=O) groups is 1. The van der Waals surface area contributed by atoms with Crippen molar-refractivity contribution in [1.29, 1.82) is 0 Å². The lowest BCUT2D eigenvalue weighted by Crippen LogP contribution is -2.32. The molecule has 0 aliphatic heterocycles. The van der Waals surface area contributed by atoms with Crippen LogP contribution in [0.5, 0.6) is 0 Å². The van der Waals surface area contributed by atoms with Crippen LogP contribution in [0.25, 0.3) is 11.0 Å². The van der Waals surface area contributed by atoms with Gasteiger partial charge in [0.15, 0.2) is 11.6 Å². The number of hydrogen-bond donors (Lipinski definition) is 0. The van der Waals surface area contributed by atoms with Gasteiger partial charge in [-0.2, -0.15) is 0 Å². The highest BCUT2D eigenvalue weighted by molar-refractivity contribution is 5.94. The van der Waals surface area contributed by atoms with Crippen LogP contribution in [-0.4, -0.2) is 26.9 Å². The van der Waals surface area contributed by atoms with Crippen molar-refractivity contribution < 1.29 is 13.6 Å². The van der Waals surface area contributed by atoms with Crippen molar-refractivity contribution in [3.63, 3.8) is 0 Å². The van der Waals surface area contributed by atoms with Crippen molar-refractivity contribution in [2.24, 2.45) is 0 Å². The maximum atomic E-state index is 13.6. The Hall–Kier alpha value is -3.02. The molecule has 0 unspecified atom stereocenters. The van der Waals surface area contributed by atoms with Crippen molar-refractivity contribution in [2.75, 3.05) is 6.54 Å². The molecule has 2 aromatic carbocycles. The van der Waals surface area contributed by atoms with Gasteiger partial charge in [0, 0.05) is 18.2 Å². The van der Waals surface area contributed by atoms with Crippen molar-refractivity contribution >= 4 is 16.9 Å². The summed E-state index contributed by atoms with van der Waals surface area (Å²) in [4.78, 5) is 19.4. The van der Waals surface area contributed by atoms with Gasteiger partial charge in [-0.3, -0.25) is 4.79 Å². The van der Waals surface area contributed by atoms with Crippen LogP contribution in [0, 0.1) is 11.6 Å². The van der Waals surface area contributed by atoms with E-state index >= 15 is 0 Å². The third-order valence-electron chi connectivity index (χ3n) is 5.49. The van der Waals surface area contributed by atoms with E-state index in [2.05, 4.69) is 17.2 Å². The fraction of sp³-hybridized carbons (Fsp3) is 0.304. The molecule has 1 heterocycles.